The largest absolute Gasteiger partial charge is 0.469 e. The molecule has 1 aromatic carbocycles. The van der Waals surface area contributed by atoms with Gasteiger partial charge in [-0.25, -0.2) is 0 Å². The Morgan fingerprint density at radius 2 is 1.85 bits per heavy atom. The summed E-state index contributed by atoms with van der Waals surface area (Å²) in [6.07, 6.45) is -8.47. The van der Waals surface area contributed by atoms with E-state index in [0.29, 0.717) is 30.5 Å². The van der Waals surface area contributed by atoms with Crippen molar-refractivity contribution in [2.75, 3.05) is 13.7 Å². The number of piperidine rings is 1. The van der Waals surface area contributed by atoms with Crippen molar-refractivity contribution >= 4 is 5.97 Å². The molecule has 0 spiro atoms. The van der Waals surface area contributed by atoms with E-state index in [9.17, 15) is 31.1 Å². The Morgan fingerprint density at radius 3 is 2.38 bits per heavy atom. The molecule has 1 aromatic rings. The summed E-state index contributed by atoms with van der Waals surface area (Å²) in [5.74, 6) is 5.42. The summed E-state index contributed by atoms with van der Waals surface area (Å²) in [6, 6.07) is 3.83. The normalized spacial score (nSPS) is 20.2. The molecule has 1 fully saturated rings. The van der Waals surface area contributed by atoms with E-state index in [1.807, 2.05) is 4.90 Å². The molecule has 1 aliphatic rings. The van der Waals surface area contributed by atoms with Gasteiger partial charge in [-0.05, 0) is 61.8 Å². The van der Waals surface area contributed by atoms with Gasteiger partial charge >= 0.3 is 18.3 Å². The first-order chi connectivity index (χ1) is 15.8. The number of hydrogen-bond acceptors (Lipinski definition) is 3. The fourth-order valence-electron chi connectivity index (χ4n) is 4.18. The Balaban J connectivity index is 2.36. The number of hydrogen-bond donors (Lipinski definition) is 0. The second kappa shape index (κ2) is 11.8. The number of likely N-dealkylation sites (tertiary alicyclic amines) is 1. The highest BCUT2D eigenvalue weighted by Crippen LogP contribution is 2.39. The first kappa shape index (κ1) is 27.8. The van der Waals surface area contributed by atoms with Crippen molar-refractivity contribution in [1.82, 2.24) is 4.90 Å². The van der Waals surface area contributed by atoms with Crippen LogP contribution >= 0.6 is 0 Å². The van der Waals surface area contributed by atoms with Crippen LogP contribution in [0.25, 0.3) is 0 Å². The Labute approximate surface area is 196 Å². The van der Waals surface area contributed by atoms with E-state index in [1.54, 1.807) is 6.92 Å². The summed E-state index contributed by atoms with van der Waals surface area (Å²) in [4.78, 5) is 13.8. The summed E-state index contributed by atoms with van der Waals surface area (Å²) in [6.45, 7) is 5.86. The van der Waals surface area contributed by atoms with E-state index < -0.39 is 36.4 Å². The number of allylic oxidation sites excluding steroid dienone is 1. The molecule has 0 aromatic heterocycles. The van der Waals surface area contributed by atoms with Gasteiger partial charge in [0.2, 0.25) is 0 Å². The molecule has 9 heteroatoms. The van der Waals surface area contributed by atoms with Gasteiger partial charge in [0.05, 0.1) is 18.7 Å². The van der Waals surface area contributed by atoms with Crippen LogP contribution in [0.4, 0.5) is 26.3 Å². The quantitative estimate of drug-likeness (QED) is 0.242. The monoisotopic (exact) mass is 489 g/mol. The van der Waals surface area contributed by atoms with Crippen LogP contribution in [0.15, 0.2) is 36.4 Å². The molecule has 0 bridgehead atoms. The van der Waals surface area contributed by atoms with Gasteiger partial charge in [-0.15, -0.1) is 0 Å². The molecule has 0 radical (unpaired) electrons. The molecule has 2 rings (SSSR count). The molecule has 0 N–H and O–H groups in total. The Kier molecular flexibility index (Phi) is 9.63. The third kappa shape index (κ3) is 8.71. The maximum atomic E-state index is 13.0. The lowest BCUT2D eigenvalue weighted by molar-refractivity contribution is -0.142. The van der Waals surface area contributed by atoms with Crippen LogP contribution in [-0.2, 0) is 15.7 Å². The number of rotatable bonds is 7. The third-order valence-corrected chi connectivity index (χ3v) is 5.85. The lowest BCUT2D eigenvalue weighted by Gasteiger charge is -2.42. The summed E-state index contributed by atoms with van der Waals surface area (Å²) < 4.78 is 82.1. The minimum absolute atomic E-state index is 0.0686. The number of nitrogens with zero attached hydrogens (tertiary/aromatic N) is 1. The highest BCUT2D eigenvalue weighted by Gasteiger charge is 2.36. The number of carbonyl (C=O) groups excluding carboxylic acids is 1. The predicted octanol–water partition coefficient (Wildman–Crippen LogP) is 6.70. The number of alkyl halides is 6. The molecule has 0 amide bonds. The van der Waals surface area contributed by atoms with Crippen molar-refractivity contribution < 1.29 is 35.9 Å². The maximum Gasteiger partial charge on any atom is 0.416 e. The summed E-state index contributed by atoms with van der Waals surface area (Å²) in [7, 11) is 1.29. The molecule has 1 aliphatic heterocycles. The van der Waals surface area contributed by atoms with Crippen LogP contribution < -0.4 is 0 Å². The predicted molar refractivity (Wildman–Crippen MR) is 117 cm³/mol. The molecule has 3 atom stereocenters. The molecule has 1 saturated heterocycles. The zero-order chi connectivity index (χ0) is 25.5. The van der Waals surface area contributed by atoms with Crippen molar-refractivity contribution in [3.05, 3.63) is 47.5 Å². The van der Waals surface area contributed by atoms with Gasteiger partial charge in [0, 0.05) is 25.4 Å². The average molecular weight is 490 g/mol. The van der Waals surface area contributed by atoms with Gasteiger partial charge in [-0.1, -0.05) is 30.6 Å². The lowest BCUT2D eigenvalue weighted by atomic mass is 9.83. The first-order valence-electron chi connectivity index (χ1n) is 11.0. The molecule has 3 nitrogen and oxygen atoms in total. The van der Waals surface area contributed by atoms with E-state index in [4.69, 9.17) is 4.74 Å². The van der Waals surface area contributed by atoms with E-state index in [1.165, 1.54) is 19.2 Å². The molecular weight excluding hydrogens is 460 g/mol. The zero-order valence-corrected chi connectivity index (χ0v) is 19.2. The van der Waals surface area contributed by atoms with Crippen LogP contribution in [0.1, 0.15) is 62.6 Å². The second-order valence-electron chi connectivity index (χ2n) is 8.62. The maximum absolute atomic E-state index is 13.0. The van der Waals surface area contributed by atoms with Gasteiger partial charge in [-0.3, -0.25) is 9.69 Å². The van der Waals surface area contributed by atoms with Gasteiger partial charge in [-0.2, -0.15) is 26.3 Å². The first-order valence-corrected chi connectivity index (χ1v) is 11.0. The van der Waals surface area contributed by atoms with E-state index in [2.05, 4.69) is 18.4 Å². The number of halogens is 6. The van der Waals surface area contributed by atoms with Crippen LogP contribution in [0, 0.1) is 17.8 Å². The van der Waals surface area contributed by atoms with Gasteiger partial charge < -0.3 is 4.74 Å². The minimum atomic E-state index is -4.48. The van der Waals surface area contributed by atoms with E-state index >= 15 is 0 Å². The average Bonchev–Trinajstić information content (AvgIpc) is 2.74. The standard InChI is InChI=1S/C25H29F6NO2/c1-17(2)6-11-21(5-4-13-24(26,27)28)32-14-12-18(16-23(33)34-3)15-22(32)19-7-9-20(10-8-19)25(29,30)31/h7-10,18,21-22H,1,4-5,12-16H2,2-3H3/t18-,21+,22+/m0/s1. The molecule has 0 saturated carbocycles. The van der Waals surface area contributed by atoms with Crippen LogP contribution in [-0.4, -0.2) is 36.7 Å². The molecule has 1 heterocycles. The van der Waals surface area contributed by atoms with Crippen molar-refractivity contribution in [3.8, 4) is 11.8 Å². The van der Waals surface area contributed by atoms with Gasteiger partial charge in [0.1, 0.15) is 0 Å². The second-order valence-corrected chi connectivity index (χ2v) is 8.62. The topological polar surface area (TPSA) is 29.5 Å². The van der Waals surface area contributed by atoms with Crippen molar-refractivity contribution in [2.45, 2.75) is 69.9 Å². The summed E-state index contributed by atoms with van der Waals surface area (Å²) in [5.41, 5.74) is 0.376. The SMILES string of the molecule is C=C(C)C#C[C@@H](CCCC(F)(F)F)N1CC[C@H](CC(=O)OC)C[C@@H]1c1ccc(C(F)(F)F)cc1. The summed E-state index contributed by atoms with van der Waals surface area (Å²) in [5, 5.41) is 0. The van der Waals surface area contributed by atoms with Crippen molar-refractivity contribution in [1.29, 1.82) is 0 Å². The number of esters is 1. The molecule has 188 valence electrons. The van der Waals surface area contributed by atoms with Crippen LogP contribution in [0.5, 0.6) is 0 Å². The smallest absolute Gasteiger partial charge is 0.416 e. The highest BCUT2D eigenvalue weighted by molar-refractivity contribution is 5.69. The molecule has 34 heavy (non-hydrogen) atoms. The van der Waals surface area contributed by atoms with Crippen LogP contribution in [0.3, 0.4) is 0 Å². The van der Waals surface area contributed by atoms with Gasteiger partial charge in [0.15, 0.2) is 0 Å². The fraction of sp³-hybridized carbons (Fsp3) is 0.560. The number of ether oxygens (including phenoxy) is 1. The van der Waals surface area contributed by atoms with Crippen molar-refractivity contribution in [3.63, 3.8) is 0 Å². The summed E-state index contributed by atoms with van der Waals surface area (Å²) >= 11 is 0. The van der Waals surface area contributed by atoms with Crippen molar-refractivity contribution in [2.24, 2.45) is 5.92 Å². The number of carbonyl (C=O) groups is 1. The molecule has 0 aliphatic carbocycles. The Hall–Kier alpha value is -2.47. The van der Waals surface area contributed by atoms with Crippen LogP contribution in [0.2, 0.25) is 0 Å². The Bertz CT molecular complexity index is 895. The number of methoxy groups -OCH3 is 1. The minimum Gasteiger partial charge on any atom is -0.469 e. The zero-order valence-electron chi connectivity index (χ0n) is 19.2. The fourth-order valence-corrected chi connectivity index (χ4v) is 4.18. The Morgan fingerprint density at radius 1 is 1.21 bits per heavy atom. The van der Waals surface area contributed by atoms with E-state index in [0.717, 1.165) is 12.1 Å². The van der Waals surface area contributed by atoms with Gasteiger partial charge in [0.25, 0.3) is 0 Å². The molecule has 0 unspecified atom stereocenters. The number of benzene rings is 1. The third-order valence-electron chi connectivity index (χ3n) is 5.85. The lowest BCUT2D eigenvalue weighted by Crippen LogP contribution is -2.43. The highest BCUT2D eigenvalue weighted by atomic mass is 19.4. The van der Waals surface area contributed by atoms with E-state index in [-0.39, 0.29) is 31.1 Å². The molecular formula is C25H29F6NO2.